The van der Waals surface area contributed by atoms with E-state index in [9.17, 15) is 4.79 Å². The molecule has 0 bridgehead atoms. The zero-order valence-corrected chi connectivity index (χ0v) is 12.6. The molecule has 3 rings (SSSR count). The van der Waals surface area contributed by atoms with Gasteiger partial charge < -0.3 is 10.7 Å². The minimum atomic E-state index is -0.307. The molecule has 0 amide bonds. The molecule has 0 aliphatic carbocycles. The summed E-state index contributed by atoms with van der Waals surface area (Å²) in [4.78, 5) is 21.8. The fourth-order valence-corrected chi connectivity index (χ4v) is 2.21. The van der Waals surface area contributed by atoms with Crippen LogP contribution in [0.3, 0.4) is 0 Å². The van der Waals surface area contributed by atoms with Gasteiger partial charge in [0.1, 0.15) is 0 Å². The highest BCUT2D eigenvalue weighted by Crippen LogP contribution is 2.08. The lowest BCUT2D eigenvalue weighted by Gasteiger charge is -2.08. The maximum Gasteiger partial charge on any atom is 0.279 e. The molecule has 2 N–H and O–H groups in total. The Morgan fingerprint density at radius 2 is 1.87 bits per heavy atom. The van der Waals surface area contributed by atoms with Crippen LogP contribution in [0.15, 0.2) is 64.5 Å². The highest BCUT2D eigenvalue weighted by Gasteiger charge is 2.08. The second-order valence-corrected chi connectivity index (χ2v) is 5.04. The Hall–Kier alpha value is -3.15. The van der Waals surface area contributed by atoms with Crippen molar-refractivity contribution in [1.29, 1.82) is 0 Å². The summed E-state index contributed by atoms with van der Waals surface area (Å²) in [5.41, 5.74) is 1.97. The van der Waals surface area contributed by atoms with Crippen molar-refractivity contribution in [3.8, 4) is 0 Å². The van der Waals surface area contributed by atoms with Crippen molar-refractivity contribution in [2.75, 3.05) is 5.84 Å². The zero-order chi connectivity index (χ0) is 16.2. The molecule has 0 unspecified atom stereocenters. The van der Waals surface area contributed by atoms with Crippen molar-refractivity contribution in [3.63, 3.8) is 0 Å². The van der Waals surface area contributed by atoms with E-state index in [1.165, 1.54) is 0 Å². The predicted octanol–water partition coefficient (Wildman–Crippen LogP) is 2.05. The van der Waals surface area contributed by atoms with Gasteiger partial charge in [-0.2, -0.15) is 0 Å². The van der Waals surface area contributed by atoms with Gasteiger partial charge in [-0.1, -0.05) is 47.6 Å². The summed E-state index contributed by atoms with van der Waals surface area (Å²) in [6.45, 7) is 1.86. The SMILES string of the molecule is CC(=NOCc1nc2ccccc2c(=O)n1N)c1ccccc1. The number of nitrogens with zero attached hydrogens (tertiary/aromatic N) is 3. The van der Waals surface area contributed by atoms with E-state index >= 15 is 0 Å². The first-order valence-electron chi connectivity index (χ1n) is 7.14. The van der Waals surface area contributed by atoms with Crippen LogP contribution in [-0.4, -0.2) is 15.4 Å². The van der Waals surface area contributed by atoms with E-state index in [0.29, 0.717) is 16.7 Å². The van der Waals surface area contributed by atoms with E-state index in [4.69, 9.17) is 10.7 Å². The second-order valence-electron chi connectivity index (χ2n) is 5.04. The number of hydrogen-bond acceptors (Lipinski definition) is 5. The summed E-state index contributed by atoms with van der Waals surface area (Å²) in [6.07, 6.45) is 0. The van der Waals surface area contributed by atoms with Crippen LogP contribution in [0.4, 0.5) is 0 Å². The smallest absolute Gasteiger partial charge is 0.279 e. The number of benzene rings is 2. The van der Waals surface area contributed by atoms with Crippen LogP contribution < -0.4 is 11.4 Å². The number of nitrogen functional groups attached to an aromatic ring is 1. The van der Waals surface area contributed by atoms with Crippen molar-refractivity contribution in [2.24, 2.45) is 5.16 Å². The standard InChI is InChI=1S/C17H16N4O2/c1-12(13-7-3-2-4-8-13)20-23-11-16-19-15-10-6-5-9-14(15)17(22)21(16)18/h2-10H,11,18H2,1H3. The molecule has 1 heterocycles. The van der Waals surface area contributed by atoms with Crippen LogP contribution >= 0.6 is 0 Å². The van der Waals surface area contributed by atoms with Crippen molar-refractivity contribution in [2.45, 2.75) is 13.5 Å². The van der Waals surface area contributed by atoms with E-state index in [1.807, 2.05) is 43.3 Å². The van der Waals surface area contributed by atoms with Crippen LogP contribution in [-0.2, 0) is 11.4 Å². The highest BCUT2D eigenvalue weighted by atomic mass is 16.6. The molecule has 0 spiro atoms. The van der Waals surface area contributed by atoms with Gasteiger partial charge in [-0.3, -0.25) is 4.79 Å². The second kappa shape index (κ2) is 6.31. The van der Waals surface area contributed by atoms with Gasteiger partial charge >= 0.3 is 0 Å². The molecule has 1 aromatic heterocycles. The van der Waals surface area contributed by atoms with Gasteiger partial charge in [0.2, 0.25) is 0 Å². The van der Waals surface area contributed by atoms with Crippen LogP contribution in [0, 0.1) is 0 Å². The average molecular weight is 308 g/mol. The number of rotatable bonds is 4. The Morgan fingerprint density at radius 3 is 2.65 bits per heavy atom. The lowest BCUT2D eigenvalue weighted by Crippen LogP contribution is -2.31. The molecule has 6 heteroatoms. The largest absolute Gasteiger partial charge is 0.387 e. The lowest BCUT2D eigenvalue weighted by molar-refractivity contribution is 0.122. The molecular formula is C17H16N4O2. The Bertz CT molecular complexity index is 917. The van der Waals surface area contributed by atoms with Gasteiger partial charge in [-0.25, -0.2) is 9.66 Å². The molecule has 0 saturated carbocycles. The third kappa shape index (κ3) is 3.06. The summed E-state index contributed by atoms with van der Waals surface area (Å²) in [6, 6.07) is 16.7. The van der Waals surface area contributed by atoms with E-state index in [0.717, 1.165) is 16.0 Å². The van der Waals surface area contributed by atoms with Crippen LogP contribution in [0.2, 0.25) is 0 Å². The fraction of sp³-hybridized carbons (Fsp3) is 0.118. The van der Waals surface area contributed by atoms with E-state index < -0.39 is 0 Å². The Labute approximate surface area is 132 Å². The van der Waals surface area contributed by atoms with Gasteiger partial charge in [0.05, 0.1) is 16.6 Å². The van der Waals surface area contributed by atoms with Crippen LogP contribution in [0.5, 0.6) is 0 Å². The molecule has 3 aromatic rings. The fourth-order valence-electron chi connectivity index (χ4n) is 2.21. The lowest BCUT2D eigenvalue weighted by atomic mass is 10.1. The van der Waals surface area contributed by atoms with Crippen molar-refractivity contribution < 1.29 is 4.84 Å². The molecular weight excluding hydrogens is 292 g/mol. The Balaban J connectivity index is 1.82. The topological polar surface area (TPSA) is 82.5 Å². The Morgan fingerprint density at radius 1 is 1.17 bits per heavy atom. The van der Waals surface area contributed by atoms with Gasteiger partial charge in [0.25, 0.3) is 5.56 Å². The molecule has 0 radical (unpaired) electrons. The molecule has 0 fully saturated rings. The molecule has 6 nitrogen and oxygen atoms in total. The average Bonchev–Trinajstić information content (AvgIpc) is 2.60. The van der Waals surface area contributed by atoms with Crippen molar-refractivity contribution in [3.05, 3.63) is 76.3 Å². The number of fused-ring (bicyclic) bond motifs is 1. The number of hydrogen-bond donors (Lipinski definition) is 1. The molecule has 23 heavy (non-hydrogen) atoms. The monoisotopic (exact) mass is 308 g/mol. The summed E-state index contributed by atoms with van der Waals surface area (Å²) in [5.74, 6) is 6.11. The minimum absolute atomic E-state index is 0.0146. The third-order valence-corrected chi connectivity index (χ3v) is 3.47. The predicted molar refractivity (Wildman–Crippen MR) is 89.6 cm³/mol. The number of oxime groups is 1. The van der Waals surface area contributed by atoms with E-state index in [1.54, 1.807) is 18.2 Å². The first kappa shape index (κ1) is 14.8. The number of aromatic nitrogens is 2. The minimum Gasteiger partial charge on any atom is -0.387 e. The van der Waals surface area contributed by atoms with Crippen LogP contribution in [0.25, 0.3) is 10.9 Å². The summed E-state index contributed by atoms with van der Waals surface area (Å²) in [7, 11) is 0. The van der Waals surface area contributed by atoms with E-state index in [-0.39, 0.29) is 12.2 Å². The van der Waals surface area contributed by atoms with Crippen LogP contribution in [0.1, 0.15) is 18.3 Å². The maximum absolute atomic E-state index is 12.2. The summed E-state index contributed by atoms with van der Waals surface area (Å²) in [5, 5.41) is 4.52. The summed E-state index contributed by atoms with van der Waals surface area (Å²) >= 11 is 0. The normalized spacial score (nSPS) is 11.6. The molecule has 0 saturated heterocycles. The molecule has 116 valence electrons. The first-order chi connectivity index (χ1) is 11.2. The molecule has 2 aromatic carbocycles. The Kier molecular flexibility index (Phi) is 4.05. The number of para-hydroxylation sites is 1. The van der Waals surface area contributed by atoms with Gasteiger partial charge in [0.15, 0.2) is 12.4 Å². The van der Waals surface area contributed by atoms with Gasteiger partial charge in [0, 0.05) is 0 Å². The number of nitrogens with two attached hydrogens (primary N) is 1. The third-order valence-electron chi connectivity index (χ3n) is 3.47. The molecule has 0 aliphatic rings. The zero-order valence-electron chi connectivity index (χ0n) is 12.6. The van der Waals surface area contributed by atoms with Crippen molar-refractivity contribution >= 4 is 16.6 Å². The molecule has 0 atom stereocenters. The van der Waals surface area contributed by atoms with Gasteiger partial charge in [-0.15, -0.1) is 0 Å². The first-order valence-corrected chi connectivity index (χ1v) is 7.14. The maximum atomic E-state index is 12.2. The highest BCUT2D eigenvalue weighted by molar-refractivity contribution is 5.98. The van der Waals surface area contributed by atoms with E-state index in [2.05, 4.69) is 10.1 Å². The van der Waals surface area contributed by atoms with Crippen molar-refractivity contribution in [1.82, 2.24) is 9.66 Å². The molecule has 0 aliphatic heterocycles. The summed E-state index contributed by atoms with van der Waals surface area (Å²) < 4.78 is 0.996. The quantitative estimate of drug-likeness (QED) is 0.454. The van der Waals surface area contributed by atoms with Gasteiger partial charge in [-0.05, 0) is 24.6 Å².